The van der Waals surface area contributed by atoms with E-state index in [4.69, 9.17) is 0 Å². The highest BCUT2D eigenvalue weighted by Gasteiger charge is 2.22. The van der Waals surface area contributed by atoms with Gasteiger partial charge in [0.25, 0.3) is 5.91 Å². The van der Waals surface area contributed by atoms with Gasteiger partial charge in [-0.3, -0.25) is 4.79 Å². The summed E-state index contributed by atoms with van der Waals surface area (Å²) in [6, 6.07) is 2.35. The predicted molar refractivity (Wildman–Crippen MR) is 86.9 cm³/mol. The van der Waals surface area contributed by atoms with Crippen molar-refractivity contribution in [3.05, 3.63) is 19.2 Å². The Labute approximate surface area is 135 Å². The van der Waals surface area contributed by atoms with Crippen LogP contribution in [0.25, 0.3) is 0 Å². The van der Waals surface area contributed by atoms with Gasteiger partial charge in [-0.25, -0.2) is 0 Å². The number of likely N-dealkylation sites (N-methyl/N-ethyl adjacent to an activating group) is 1. The summed E-state index contributed by atoms with van der Waals surface area (Å²) in [5, 5.41) is 3.50. The molecular weight excluding hydrogens is 392 g/mol. The van der Waals surface area contributed by atoms with Crippen LogP contribution >= 0.6 is 43.2 Å². The van der Waals surface area contributed by atoms with E-state index in [1.165, 1.54) is 30.6 Å². The van der Waals surface area contributed by atoms with Gasteiger partial charge in [0.1, 0.15) is 0 Å². The summed E-state index contributed by atoms with van der Waals surface area (Å²) in [5.41, 5.74) is 0. The third-order valence-corrected chi connectivity index (χ3v) is 6.62. The zero-order valence-corrected chi connectivity index (χ0v) is 14.9. The van der Waals surface area contributed by atoms with Crippen LogP contribution in [0.5, 0.6) is 0 Å². The molecule has 1 fully saturated rings. The molecule has 1 saturated heterocycles. The number of thiophene rings is 1. The van der Waals surface area contributed by atoms with Crippen LogP contribution in [0.1, 0.15) is 35.9 Å². The Hall–Kier alpha value is 0.0900. The number of nitrogens with zero attached hydrogens (tertiary/aromatic N) is 1. The highest BCUT2D eigenvalue weighted by molar-refractivity contribution is 9.13. The topological polar surface area (TPSA) is 32.3 Å². The molecule has 19 heavy (non-hydrogen) atoms. The van der Waals surface area contributed by atoms with Crippen LogP contribution in [-0.4, -0.2) is 36.5 Å². The van der Waals surface area contributed by atoms with E-state index in [0.29, 0.717) is 6.04 Å². The molecule has 1 amide bonds. The maximum absolute atomic E-state index is 12.5. The summed E-state index contributed by atoms with van der Waals surface area (Å²) in [5.74, 6) is 0.131. The lowest BCUT2D eigenvalue weighted by molar-refractivity contribution is 0.0746. The number of halogens is 2. The SMILES string of the molecule is CCN(CC1CCCCN1)C(=O)c1cc(Br)c(Br)s1. The predicted octanol–water partition coefficient (Wildman–Crippen LogP) is 3.88. The summed E-state index contributed by atoms with van der Waals surface area (Å²) in [6.07, 6.45) is 3.68. The molecule has 3 nitrogen and oxygen atoms in total. The molecule has 0 saturated carbocycles. The first-order valence-corrected chi connectivity index (χ1v) is 8.99. The van der Waals surface area contributed by atoms with Crippen molar-refractivity contribution < 1.29 is 4.79 Å². The van der Waals surface area contributed by atoms with Crippen LogP contribution in [0, 0.1) is 0 Å². The Morgan fingerprint density at radius 2 is 2.32 bits per heavy atom. The van der Waals surface area contributed by atoms with Crippen molar-refractivity contribution in [1.29, 1.82) is 0 Å². The monoisotopic (exact) mass is 408 g/mol. The van der Waals surface area contributed by atoms with Gasteiger partial charge in [-0.05, 0) is 64.2 Å². The second-order valence-corrected chi connectivity index (χ2v) is 7.95. The lowest BCUT2D eigenvalue weighted by Crippen LogP contribution is -2.45. The van der Waals surface area contributed by atoms with Gasteiger partial charge in [-0.15, -0.1) is 11.3 Å². The molecule has 2 heterocycles. The maximum Gasteiger partial charge on any atom is 0.264 e. The number of piperidine rings is 1. The van der Waals surface area contributed by atoms with Crippen LogP contribution in [0.2, 0.25) is 0 Å². The van der Waals surface area contributed by atoms with Gasteiger partial charge >= 0.3 is 0 Å². The molecule has 2 rings (SSSR count). The minimum Gasteiger partial charge on any atom is -0.337 e. The van der Waals surface area contributed by atoms with Gasteiger partial charge in [0.05, 0.1) is 8.66 Å². The van der Waals surface area contributed by atoms with Crippen LogP contribution in [0.15, 0.2) is 14.3 Å². The smallest absolute Gasteiger partial charge is 0.264 e. The molecule has 0 spiro atoms. The van der Waals surface area contributed by atoms with Crippen LogP contribution in [0.3, 0.4) is 0 Å². The maximum atomic E-state index is 12.5. The van der Waals surface area contributed by atoms with Crippen molar-refractivity contribution in [2.24, 2.45) is 0 Å². The minimum atomic E-state index is 0.131. The van der Waals surface area contributed by atoms with Crippen LogP contribution in [0.4, 0.5) is 0 Å². The fourth-order valence-corrected chi connectivity index (χ4v) is 4.31. The molecule has 1 aliphatic rings. The Balaban J connectivity index is 2.01. The van der Waals surface area contributed by atoms with Gasteiger partial charge in [-0.2, -0.15) is 0 Å². The van der Waals surface area contributed by atoms with E-state index < -0.39 is 0 Å². The standard InChI is InChI=1S/C13H18Br2N2OS/c1-2-17(8-9-5-3-4-6-16-9)13(18)11-7-10(14)12(15)19-11/h7,9,16H,2-6,8H2,1H3. The fraction of sp³-hybridized carbons (Fsp3) is 0.615. The first kappa shape index (κ1) is 15.5. The summed E-state index contributed by atoms with van der Waals surface area (Å²) in [6.45, 7) is 4.68. The summed E-state index contributed by atoms with van der Waals surface area (Å²) >= 11 is 8.36. The van der Waals surface area contributed by atoms with Gasteiger partial charge < -0.3 is 10.2 Å². The lowest BCUT2D eigenvalue weighted by Gasteiger charge is -2.29. The van der Waals surface area contributed by atoms with E-state index in [1.807, 2.05) is 17.9 Å². The molecule has 1 aromatic heterocycles. The van der Waals surface area contributed by atoms with E-state index in [-0.39, 0.29) is 5.91 Å². The van der Waals surface area contributed by atoms with Crippen molar-refractivity contribution in [1.82, 2.24) is 10.2 Å². The molecule has 1 aromatic rings. The molecular formula is C13H18Br2N2OS. The average Bonchev–Trinajstić information content (AvgIpc) is 2.76. The summed E-state index contributed by atoms with van der Waals surface area (Å²) in [7, 11) is 0. The number of hydrogen-bond acceptors (Lipinski definition) is 3. The van der Waals surface area contributed by atoms with Crippen molar-refractivity contribution in [2.45, 2.75) is 32.2 Å². The first-order valence-electron chi connectivity index (χ1n) is 6.59. The number of nitrogens with one attached hydrogen (secondary N) is 1. The van der Waals surface area contributed by atoms with E-state index in [2.05, 4.69) is 37.2 Å². The third-order valence-electron chi connectivity index (χ3n) is 3.38. The van der Waals surface area contributed by atoms with Gasteiger partial charge in [0.15, 0.2) is 0 Å². The van der Waals surface area contributed by atoms with Crippen molar-refractivity contribution in [3.8, 4) is 0 Å². The second kappa shape index (κ2) is 7.20. The van der Waals surface area contributed by atoms with Crippen molar-refractivity contribution in [2.75, 3.05) is 19.6 Å². The van der Waals surface area contributed by atoms with Crippen LogP contribution < -0.4 is 5.32 Å². The second-order valence-electron chi connectivity index (χ2n) is 4.72. The quantitative estimate of drug-likeness (QED) is 0.818. The number of rotatable bonds is 4. The molecule has 6 heteroatoms. The van der Waals surface area contributed by atoms with Crippen molar-refractivity contribution >= 4 is 49.1 Å². The van der Waals surface area contributed by atoms with E-state index in [9.17, 15) is 4.79 Å². The van der Waals surface area contributed by atoms with E-state index in [1.54, 1.807) is 0 Å². The molecule has 1 unspecified atom stereocenters. The molecule has 0 bridgehead atoms. The van der Waals surface area contributed by atoms with Gasteiger partial charge in [0, 0.05) is 23.6 Å². The largest absolute Gasteiger partial charge is 0.337 e. The summed E-state index contributed by atoms with van der Waals surface area (Å²) in [4.78, 5) is 15.2. The molecule has 0 aromatic carbocycles. The minimum absolute atomic E-state index is 0.131. The van der Waals surface area contributed by atoms with Gasteiger partial charge in [-0.1, -0.05) is 6.42 Å². The molecule has 1 N–H and O–H groups in total. The van der Waals surface area contributed by atoms with Crippen molar-refractivity contribution in [3.63, 3.8) is 0 Å². The first-order chi connectivity index (χ1) is 9.11. The summed E-state index contributed by atoms with van der Waals surface area (Å²) < 4.78 is 1.93. The number of amides is 1. The highest BCUT2D eigenvalue weighted by atomic mass is 79.9. The molecule has 106 valence electrons. The van der Waals surface area contributed by atoms with E-state index >= 15 is 0 Å². The molecule has 1 aliphatic heterocycles. The zero-order chi connectivity index (χ0) is 13.8. The Morgan fingerprint density at radius 3 is 2.84 bits per heavy atom. The van der Waals surface area contributed by atoms with E-state index in [0.717, 1.165) is 32.8 Å². The lowest BCUT2D eigenvalue weighted by atomic mass is 10.0. The Kier molecular flexibility index (Phi) is 5.87. The average molecular weight is 410 g/mol. The number of hydrogen-bond donors (Lipinski definition) is 1. The molecule has 1 atom stereocenters. The zero-order valence-electron chi connectivity index (χ0n) is 10.9. The van der Waals surface area contributed by atoms with Crippen LogP contribution in [-0.2, 0) is 0 Å². The number of carbonyl (C=O) groups is 1. The molecule has 0 aliphatic carbocycles. The molecule has 0 radical (unpaired) electrons. The van der Waals surface area contributed by atoms with Gasteiger partial charge in [0.2, 0.25) is 0 Å². The fourth-order valence-electron chi connectivity index (χ4n) is 2.31. The normalized spacial score (nSPS) is 19.4. The number of carbonyl (C=O) groups excluding carboxylic acids is 1. The third kappa shape index (κ3) is 4.03. The highest BCUT2D eigenvalue weighted by Crippen LogP contribution is 2.33. The Bertz CT molecular complexity index is 424. The Morgan fingerprint density at radius 1 is 1.53 bits per heavy atom.